The zero-order valence-electron chi connectivity index (χ0n) is 18.0. The highest BCUT2D eigenvalue weighted by Gasteiger charge is 2.26. The van der Waals surface area contributed by atoms with Crippen LogP contribution in [0, 0.1) is 5.92 Å². The first-order chi connectivity index (χ1) is 14.4. The zero-order valence-corrected chi connectivity index (χ0v) is 18.0. The Morgan fingerprint density at radius 1 is 1.20 bits per heavy atom. The summed E-state index contributed by atoms with van der Waals surface area (Å²) in [5, 5.41) is 6.64. The Balaban J connectivity index is 1.68. The number of carbonyl (C=O) groups excluding carboxylic acids is 1. The van der Waals surface area contributed by atoms with Crippen LogP contribution in [-0.2, 0) is 6.54 Å². The second-order valence-electron chi connectivity index (χ2n) is 8.84. The van der Waals surface area contributed by atoms with E-state index in [1.165, 1.54) is 4.57 Å². The van der Waals surface area contributed by atoms with Crippen molar-refractivity contribution in [1.82, 2.24) is 19.4 Å². The van der Waals surface area contributed by atoms with Crippen molar-refractivity contribution in [3.05, 3.63) is 39.0 Å². The molecular formula is C22H31N5O3. The summed E-state index contributed by atoms with van der Waals surface area (Å²) in [7, 11) is 1.91. The molecular weight excluding hydrogens is 382 g/mol. The van der Waals surface area contributed by atoms with Gasteiger partial charge < -0.3 is 15.5 Å². The van der Waals surface area contributed by atoms with Gasteiger partial charge in [-0.25, -0.2) is 9.59 Å². The number of rotatable bonds is 5. The van der Waals surface area contributed by atoms with E-state index in [0.29, 0.717) is 41.6 Å². The van der Waals surface area contributed by atoms with Gasteiger partial charge in [0, 0.05) is 37.4 Å². The summed E-state index contributed by atoms with van der Waals surface area (Å²) in [4.78, 5) is 40.7. The van der Waals surface area contributed by atoms with E-state index in [9.17, 15) is 14.4 Å². The smallest absolute Gasteiger partial charge is 0.323 e. The van der Waals surface area contributed by atoms with Crippen molar-refractivity contribution in [1.29, 1.82) is 0 Å². The van der Waals surface area contributed by atoms with E-state index < -0.39 is 0 Å². The predicted molar refractivity (Wildman–Crippen MR) is 118 cm³/mol. The minimum atomic E-state index is -0.275. The highest BCUT2D eigenvalue weighted by atomic mass is 16.2. The summed E-state index contributed by atoms with van der Waals surface area (Å²) in [6.45, 7) is 5.74. The molecule has 8 nitrogen and oxygen atoms in total. The third kappa shape index (κ3) is 4.01. The van der Waals surface area contributed by atoms with Crippen LogP contribution in [0.25, 0.3) is 10.9 Å². The van der Waals surface area contributed by atoms with E-state index >= 15 is 0 Å². The topological polar surface area (TPSA) is 88.4 Å². The number of nitrogens with one attached hydrogen (secondary N) is 2. The van der Waals surface area contributed by atoms with Crippen molar-refractivity contribution in [3.63, 3.8) is 0 Å². The molecule has 1 saturated carbocycles. The number of anilines is 1. The number of fused-ring (bicyclic) bond motifs is 1. The Hall–Kier alpha value is -2.61. The van der Waals surface area contributed by atoms with Gasteiger partial charge in [0.05, 0.1) is 10.9 Å². The molecule has 4 rings (SSSR count). The number of urea groups is 1. The van der Waals surface area contributed by atoms with E-state index in [0.717, 1.165) is 32.2 Å². The van der Waals surface area contributed by atoms with E-state index in [1.54, 1.807) is 27.7 Å². The number of hydrogen-bond acceptors (Lipinski definition) is 4. The molecule has 1 unspecified atom stereocenters. The number of nitrogens with zero attached hydrogens (tertiary/aromatic N) is 3. The van der Waals surface area contributed by atoms with Crippen LogP contribution in [-0.4, -0.2) is 46.2 Å². The van der Waals surface area contributed by atoms with Crippen LogP contribution in [0.4, 0.5) is 10.5 Å². The van der Waals surface area contributed by atoms with Gasteiger partial charge in [0.15, 0.2) is 0 Å². The molecule has 1 saturated heterocycles. The van der Waals surface area contributed by atoms with Gasteiger partial charge in [-0.05, 0) is 70.7 Å². The summed E-state index contributed by atoms with van der Waals surface area (Å²) in [5.41, 5.74) is 0.655. The van der Waals surface area contributed by atoms with Crippen molar-refractivity contribution in [3.8, 4) is 0 Å². The Morgan fingerprint density at radius 2 is 1.97 bits per heavy atom. The average Bonchev–Trinajstić information content (AvgIpc) is 3.55. The third-order valence-electron chi connectivity index (χ3n) is 6.19. The van der Waals surface area contributed by atoms with Gasteiger partial charge in [0.25, 0.3) is 5.56 Å². The van der Waals surface area contributed by atoms with Gasteiger partial charge >= 0.3 is 11.7 Å². The van der Waals surface area contributed by atoms with Crippen LogP contribution in [0.15, 0.2) is 27.8 Å². The first kappa shape index (κ1) is 20.7. The lowest BCUT2D eigenvalue weighted by molar-refractivity contribution is 0.187. The number of aromatic nitrogens is 2. The van der Waals surface area contributed by atoms with E-state index in [4.69, 9.17) is 0 Å². The molecule has 30 heavy (non-hydrogen) atoms. The van der Waals surface area contributed by atoms with Gasteiger partial charge in [-0.3, -0.25) is 13.9 Å². The lowest BCUT2D eigenvalue weighted by Crippen LogP contribution is -2.48. The second kappa shape index (κ2) is 8.26. The van der Waals surface area contributed by atoms with Crippen LogP contribution in [0.2, 0.25) is 0 Å². The predicted octanol–water partition coefficient (Wildman–Crippen LogP) is 2.37. The molecule has 1 aromatic heterocycles. The van der Waals surface area contributed by atoms with Gasteiger partial charge in [-0.2, -0.15) is 0 Å². The van der Waals surface area contributed by atoms with Gasteiger partial charge in [-0.15, -0.1) is 0 Å². The monoisotopic (exact) mass is 413 g/mol. The Labute approximate surface area is 175 Å². The fourth-order valence-corrected chi connectivity index (χ4v) is 4.28. The molecule has 0 radical (unpaired) electrons. The van der Waals surface area contributed by atoms with E-state index in [-0.39, 0.29) is 23.3 Å². The molecule has 0 spiro atoms. The molecule has 2 heterocycles. The van der Waals surface area contributed by atoms with E-state index in [2.05, 4.69) is 10.6 Å². The molecule has 8 heteroatoms. The highest BCUT2D eigenvalue weighted by Crippen LogP contribution is 2.30. The van der Waals surface area contributed by atoms with Crippen LogP contribution in [0.5, 0.6) is 0 Å². The quantitative estimate of drug-likeness (QED) is 0.788. The van der Waals surface area contributed by atoms with Crippen LogP contribution in [0.1, 0.15) is 45.6 Å². The average molecular weight is 414 g/mol. The zero-order chi connectivity index (χ0) is 21.4. The Bertz CT molecular complexity index is 1070. The first-order valence-corrected chi connectivity index (χ1v) is 10.9. The van der Waals surface area contributed by atoms with Gasteiger partial charge in [0.2, 0.25) is 0 Å². The molecule has 0 bridgehead atoms. The van der Waals surface area contributed by atoms with Crippen molar-refractivity contribution < 1.29 is 4.79 Å². The van der Waals surface area contributed by atoms with Crippen molar-refractivity contribution in [2.24, 2.45) is 5.92 Å². The number of hydrogen-bond donors (Lipinski definition) is 2. The van der Waals surface area contributed by atoms with Crippen molar-refractivity contribution >= 4 is 22.6 Å². The molecule has 1 atom stereocenters. The Morgan fingerprint density at radius 3 is 2.63 bits per heavy atom. The molecule has 1 aliphatic heterocycles. The van der Waals surface area contributed by atoms with Crippen molar-refractivity contribution in [2.75, 3.05) is 25.5 Å². The van der Waals surface area contributed by atoms with Crippen molar-refractivity contribution in [2.45, 2.75) is 58.2 Å². The SMILES string of the molecule is CNC1CCCN(C(=O)Nc2ccc3c(c2)c(=O)n(CC2CC2)c(=O)n3C(C)C)C1. The summed E-state index contributed by atoms with van der Waals surface area (Å²) in [6, 6.07) is 5.31. The molecule has 2 N–H and O–H groups in total. The van der Waals surface area contributed by atoms with Crippen LogP contribution >= 0.6 is 0 Å². The van der Waals surface area contributed by atoms with E-state index in [1.807, 2.05) is 20.9 Å². The maximum absolute atomic E-state index is 13.1. The van der Waals surface area contributed by atoms with Gasteiger partial charge in [-0.1, -0.05) is 0 Å². The maximum Gasteiger partial charge on any atom is 0.331 e. The second-order valence-corrected chi connectivity index (χ2v) is 8.84. The molecule has 2 fully saturated rings. The number of piperidine rings is 1. The number of benzene rings is 1. The normalized spacial score (nSPS) is 19.5. The van der Waals surface area contributed by atoms with Crippen LogP contribution in [0.3, 0.4) is 0 Å². The van der Waals surface area contributed by atoms with Crippen LogP contribution < -0.4 is 21.9 Å². The minimum Gasteiger partial charge on any atom is -0.323 e. The molecule has 1 aromatic carbocycles. The summed E-state index contributed by atoms with van der Waals surface area (Å²) in [5.74, 6) is 0.413. The molecule has 162 valence electrons. The lowest BCUT2D eigenvalue weighted by Gasteiger charge is -2.32. The lowest BCUT2D eigenvalue weighted by atomic mass is 10.1. The number of likely N-dealkylation sites (N-methyl/N-ethyl adjacent to an activating group) is 1. The number of carbonyl (C=O) groups is 1. The summed E-state index contributed by atoms with van der Waals surface area (Å²) >= 11 is 0. The minimum absolute atomic E-state index is 0.0710. The first-order valence-electron chi connectivity index (χ1n) is 10.9. The number of likely N-dealkylation sites (tertiary alicyclic amines) is 1. The Kier molecular flexibility index (Phi) is 5.69. The summed E-state index contributed by atoms with van der Waals surface area (Å²) in [6.07, 6.45) is 4.14. The fraction of sp³-hybridized carbons (Fsp3) is 0.591. The molecule has 2 amide bonds. The molecule has 2 aliphatic rings. The molecule has 1 aliphatic carbocycles. The maximum atomic E-state index is 13.1. The van der Waals surface area contributed by atoms with Gasteiger partial charge in [0.1, 0.15) is 0 Å². The summed E-state index contributed by atoms with van der Waals surface area (Å²) < 4.78 is 3.04. The highest BCUT2D eigenvalue weighted by molar-refractivity contribution is 5.92. The third-order valence-corrected chi connectivity index (χ3v) is 6.19. The fourth-order valence-electron chi connectivity index (χ4n) is 4.28. The largest absolute Gasteiger partial charge is 0.331 e. The standard InChI is InChI=1S/C22H31N5O3/c1-14(2)27-19-9-8-16(24-21(29)25-10-4-5-17(13-25)23-3)11-18(19)20(28)26(22(27)30)12-15-6-7-15/h8-9,11,14-15,17,23H,4-7,10,12-13H2,1-3H3,(H,24,29). The molecule has 2 aromatic rings. The number of amides is 2.